The first kappa shape index (κ1) is 15.6. The van der Waals surface area contributed by atoms with Gasteiger partial charge >= 0.3 is 0 Å². The maximum Gasteiger partial charge on any atom is 0.126 e. The summed E-state index contributed by atoms with van der Waals surface area (Å²) < 4.78 is 8.39. The third kappa shape index (κ3) is 3.30. The molecule has 2 saturated heterocycles. The molecule has 4 heterocycles. The molecule has 2 aliphatic heterocycles. The number of hydrogen-bond donors (Lipinski definition) is 1. The fourth-order valence-corrected chi connectivity index (χ4v) is 3.97. The van der Waals surface area contributed by atoms with Crippen LogP contribution in [0.2, 0.25) is 0 Å². The number of rotatable bonds is 4. The van der Waals surface area contributed by atoms with Crippen molar-refractivity contribution in [2.45, 2.75) is 37.5 Å². The average molecular weight is 327 g/mol. The van der Waals surface area contributed by atoms with Crippen molar-refractivity contribution in [3.63, 3.8) is 0 Å². The first-order chi connectivity index (χ1) is 11.7. The lowest BCUT2D eigenvalue weighted by Crippen LogP contribution is -2.47. The van der Waals surface area contributed by atoms with Crippen molar-refractivity contribution in [3.05, 3.63) is 42.6 Å². The predicted molar refractivity (Wildman–Crippen MR) is 92.7 cm³/mol. The second kappa shape index (κ2) is 6.53. The SMILES string of the molecule is Cn1cncc1CN1CCC[C@]2(C[C@@H](Nc3ccccn3)CO2)C1. The number of anilines is 1. The summed E-state index contributed by atoms with van der Waals surface area (Å²) in [4.78, 5) is 11.1. The Morgan fingerprint density at radius 3 is 3.17 bits per heavy atom. The molecule has 4 rings (SSSR count). The number of ether oxygens (including phenoxy) is 1. The molecule has 1 N–H and O–H groups in total. The highest BCUT2D eigenvalue weighted by atomic mass is 16.5. The van der Waals surface area contributed by atoms with Gasteiger partial charge in [0.15, 0.2) is 0 Å². The van der Waals surface area contributed by atoms with Crippen LogP contribution in [-0.2, 0) is 18.3 Å². The Morgan fingerprint density at radius 1 is 1.42 bits per heavy atom. The summed E-state index contributed by atoms with van der Waals surface area (Å²) >= 11 is 0. The Labute approximate surface area is 142 Å². The average Bonchev–Trinajstić information content (AvgIpc) is 3.16. The first-order valence-electron chi connectivity index (χ1n) is 8.72. The number of piperidine rings is 1. The molecule has 2 aromatic rings. The van der Waals surface area contributed by atoms with Crippen LogP contribution in [0.15, 0.2) is 36.9 Å². The van der Waals surface area contributed by atoms with Crippen LogP contribution in [0.5, 0.6) is 0 Å². The molecule has 6 nitrogen and oxygen atoms in total. The minimum absolute atomic E-state index is 0.0106. The van der Waals surface area contributed by atoms with Gasteiger partial charge in [0, 0.05) is 39.0 Å². The Kier molecular flexibility index (Phi) is 4.24. The molecule has 0 aromatic carbocycles. The zero-order valence-electron chi connectivity index (χ0n) is 14.2. The maximum absolute atomic E-state index is 6.29. The third-order valence-electron chi connectivity index (χ3n) is 5.15. The van der Waals surface area contributed by atoms with Gasteiger partial charge in [-0.3, -0.25) is 4.90 Å². The molecule has 0 radical (unpaired) electrons. The molecule has 0 saturated carbocycles. The van der Waals surface area contributed by atoms with Crippen LogP contribution in [0.1, 0.15) is 25.0 Å². The molecule has 128 valence electrons. The summed E-state index contributed by atoms with van der Waals surface area (Å²) in [6.07, 6.45) is 9.04. The van der Waals surface area contributed by atoms with Crippen LogP contribution in [0, 0.1) is 0 Å². The smallest absolute Gasteiger partial charge is 0.126 e. The lowest BCUT2D eigenvalue weighted by atomic mass is 9.88. The topological polar surface area (TPSA) is 55.2 Å². The molecule has 1 spiro atoms. The molecule has 0 aliphatic carbocycles. The zero-order chi connectivity index (χ0) is 16.4. The number of hydrogen-bond acceptors (Lipinski definition) is 5. The van der Waals surface area contributed by atoms with Crippen LogP contribution >= 0.6 is 0 Å². The van der Waals surface area contributed by atoms with Crippen LogP contribution in [0.3, 0.4) is 0 Å². The van der Waals surface area contributed by atoms with Gasteiger partial charge in [-0.25, -0.2) is 9.97 Å². The van der Waals surface area contributed by atoms with E-state index in [-0.39, 0.29) is 5.60 Å². The molecule has 0 bridgehead atoms. The van der Waals surface area contributed by atoms with Gasteiger partial charge in [0.05, 0.1) is 30.3 Å². The lowest BCUT2D eigenvalue weighted by molar-refractivity contribution is -0.0537. The molecule has 2 atom stereocenters. The Hall–Kier alpha value is -1.92. The summed E-state index contributed by atoms with van der Waals surface area (Å²) in [7, 11) is 2.06. The molecule has 0 unspecified atom stereocenters. The molecule has 6 heteroatoms. The number of nitrogens with zero attached hydrogens (tertiary/aromatic N) is 4. The lowest BCUT2D eigenvalue weighted by Gasteiger charge is -2.39. The number of nitrogens with one attached hydrogen (secondary N) is 1. The number of pyridine rings is 1. The van der Waals surface area contributed by atoms with Gasteiger partial charge in [-0.2, -0.15) is 0 Å². The van der Waals surface area contributed by atoms with E-state index in [0.717, 1.165) is 44.9 Å². The Morgan fingerprint density at radius 2 is 2.38 bits per heavy atom. The summed E-state index contributed by atoms with van der Waals surface area (Å²) in [5.74, 6) is 0.936. The van der Waals surface area contributed by atoms with Crippen molar-refractivity contribution >= 4 is 5.82 Å². The molecule has 2 fully saturated rings. The monoisotopic (exact) mass is 327 g/mol. The number of aryl methyl sites for hydroxylation is 1. The van der Waals surface area contributed by atoms with Crippen molar-refractivity contribution in [3.8, 4) is 0 Å². The molecular formula is C18H25N5O. The second-order valence-corrected chi connectivity index (χ2v) is 7.06. The highest BCUT2D eigenvalue weighted by Crippen LogP contribution is 2.36. The van der Waals surface area contributed by atoms with Crippen LogP contribution in [0.25, 0.3) is 0 Å². The predicted octanol–water partition coefficient (Wildman–Crippen LogP) is 2.05. The van der Waals surface area contributed by atoms with E-state index in [0.29, 0.717) is 6.04 Å². The van der Waals surface area contributed by atoms with Gasteiger partial charge in [-0.05, 0) is 31.5 Å². The fourth-order valence-electron chi connectivity index (χ4n) is 3.97. The summed E-state index contributed by atoms with van der Waals surface area (Å²) in [6, 6.07) is 6.31. The number of aromatic nitrogens is 3. The first-order valence-corrected chi connectivity index (χ1v) is 8.72. The normalized spacial score (nSPS) is 27.6. The van der Waals surface area contributed by atoms with Gasteiger partial charge in [-0.1, -0.05) is 6.07 Å². The van der Waals surface area contributed by atoms with Crippen molar-refractivity contribution in [2.75, 3.05) is 25.0 Å². The largest absolute Gasteiger partial charge is 0.371 e. The van der Waals surface area contributed by atoms with Crippen molar-refractivity contribution in [1.29, 1.82) is 0 Å². The molecular weight excluding hydrogens is 302 g/mol. The van der Waals surface area contributed by atoms with E-state index in [1.54, 1.807) is 0 Å². The van der Waals surface area contributed by atoms with E-state index in [4.69, 9.17) is 4.74 Å². The fraction of sp³-hybridized carbons (Fsp3) is 0.556. The van der Waals surface area contributed by atoms with E-state index in [9.17, 15) is 0 Å². The second-order valence-electron chi connectivity index (χ2n) is 7.06. The number of likely N-dealkylation sites (tertiary alicyclic amines) is 1. The van der Waals surface area contributed by atoms with Crippen LogP contribution < -0.4 is 5.32 Å². The van der Waals surface area contributed by atoms with Crippen LogP contribution in [0.4, 0.5) is 5.82 Å². The van der Waals surface area contributed by atoms with Gasteiger partial charge < -0.3 is 14.6 Å². The van der Waals surface area contributed by atoms with Crippen molar-refractivity contribution in [2.24, 2.45) is 7.05 Å². The van der Waals surface area contributed by atoms with Gasteiger partial charge in [0.1, 0.15) is 5.82 Å². The number of imidazole rings is 1. The van der Waals surface area contributed by atoms with E-state index >= 15 is 0 Å². The Bertz CT molecular complexity index is 673. The van der Waals surface area contributed by atoms with E-state index in [1.165, 1.54) is 12.1 Å². The quantitative estimate of drug-likeness (QED) is 0.931. The zero-order valence-corrected chi connectivity index (χ0v) is 14.2. The maximum atomic E-state index is 6.29. The van der Waals surface area contributed by atoms with Crippen molar-refractivity contribution in [1.82, 2.24) is 19.4 Å². The molecule has 0 amide bonds. The van der Waals surface area contributed by atoms with E-state index < -0.39 is 0 Å². The standard InChI is InChI=1S/C18H25N5O/c1-22-14-19-10-16(22)11-23-8-4-6-18(13-23)9-15(12-24-18)21-17-5-2-3-7-20-17/h2-3,5,7,10,14-15H,4,6,8-9,11-13H2,1H3,(H,20,21)/t15-,18+/m1/s1. The third-order valence-corrected chi connectivity index (χ3v) is 5.15. The minimum atomic E-state index is -0.0106. The Balaban J connectivity index is 1.38. The molecule has 2 aromatic heterocycles. The van der Waals surface area contributed by atoms with E-state index in [2.05, 4.69) is 31.8 Å². The highest BCUT2D eigenvalue weighted by molar-refractivity contribution is 5.35. The molecule has 2 aliphatic rings. The summed E-state index contributed by atoms with van der Waals surface area (Å²) in [5, 5.41) is 3.51. The van der Waals surface area contributed by atoms with Crippen molar-refractivity contribution < 1.29 is 4.74 Å². The summed E-state index contributed by atoms with van der Waals surface area (Å²) in [6.45, 7) is 3.84. The van der Waals surface area contributed by atoms with Gasteiger partial charge in [0.25, 0.3) is 0 Å². The minimum Gasteiger partial charge on any atom is -0.371 e. The van der Waals surface area contributed by atoms with Gasteiger partial charge in [-0.15, -0.1) is 0 Å². The van der Waals surface area contributed by atoms with Crippen LogP contribution in [-0.4, -0.2) is 50.8 Å². The molecule has 24 heavy (non-hydrogen) atoms. The summed E-state index contributed by atoms with van der Waals surface area (Å²) in [5.41, 5.74) is 1.25. The highest BCUT2D eigenvalue weighted by Gasteiger charge is 2.43. The van der Waals surface area contributed by atoms with E-state index in [1.807, 2.05) is 36.9 Å². The van der Waals surface area contributed by atoms with Gasteiger partial charge in [0.2, 0.25) is 0 Å².